The molecule has 1 N–H and O–H groups in total. The maximum absolute atomic E-state index is 12.3. The lowest BCUT2D eigenvalue weighted by molar-refractivity contribution is 0.0896. The number of furan rings is 1. The molecule has 0 bridgehead atoms. The lowest BCUT2D eigenvalue weighted by atomic mass is 9.95. The van der Waals surface area contributed by atoms with Crippen LogP contribution in [0.25, 0.3) is 0 Å². The van der Waals surface area contributed by atoms with Crippen LogP contribution in [0.1, 0.15) is 41.6 Å². The molecular formula is C16H18ClNO2. The molecule has 1 unspecified atom stereocenters. The van der Waals surface area contributed by atoms with Gasteiger partial charge in [-0.15, -0.1) is 0 Å². The van der Waals surface area contributed by atoms with Gasteiger partial charge in [0.15, 0.2) is 5.76 Å². The summed E-state index contributed by atoms with van der Waals surface area (Å²) in [6, 6.07) is 9.18. The number of hydrogen-bond donors (Lipinski definition) is 1. The van der Waals surface area contributed by atoms with E-state index in [4.69, 9.17) is 16.0 Å². The predicted octanol–water partition coefficient (Wildman–Crippen LogP) is 4.37. The zero-order valence-electron chi connectivity index (χ0n) is 11.8. The number of benzene rings is 1. The highest BCUT2D eigenvalue weighted by Gasteiger charge is 2.23. The molecule has 1 amide bonds. The van der Waals surface area contributed by atoms with Crippen molar-refractivity contribution < 1.29 is 9.21 Å². The molecule has 0 aliphatic rings. The third-order valence-corrected chi connectivity index (χ3v) is 3.61. The van der Waals surface area contributed by atoms with Crippen LogP contribution in [0, 0.1) is 12.8 Å². The molecule has 1 heterocycles. The highest BCUT2D eigenvalue weighted by Crippen LogP contribution is 2.28. The molecule has 0 fully saturated rings. The van der Waals surface area contributed by atoms with Crippen molar-refractivity contribution >= 4 is 17.5 Å². The van der Waals surface area contributed by atoms with Crippen LogP contribution in [0.15, 0.2) is 41.0 Å². The summed E-state index contributed by atoms with van der Waals surface area (Å²) in [4.78, 5) is 12.3. The molecule has 0 aliphatic carbocycles. The van der Waals surface area contributed by atoms with Crippen LogP contribution in [-0.2, 0) is 0 Å². The Morgan fingerprint density at radius 2 is 1.95 bits per heavy atom. The Kier molecular flexibility index (Phi) is 4.50. The summed E-state index contributed by atoms with van der Waals surface area (Å²) in [5, 5.41) is 3.65. The molecule has 106 valence electrons. The Bertz CT molecular complexity index is 604. The Morgan fingerprint density at radius 1 is 1.25 bits per heavy atom. The molecule has 0 saturated heterocycles. The molecule has 20 heavy (non-hydrogen) atoms. The van der Waals surface area contributed by atoms with Gasteiger partial charge in [0.25, 0.3) is 5.91 Å². The van der Waals surface area contributed by atoms with E-state index in [1.165, 1.54) is 6.26 Å². The second kappa shape index (κ2) is 6.14. The van der Waals surface area contributed by atoms with E-state index in [1.54, 1.807) is 6.07 Å². The summed E-state index contributed by atoms with van der Waals surface area (Å²) in [6.07, 6.45) is 1.52. The van der Waals surface area contributed by atoms with Crippen molar-refractivity contribution in [2.24, 2.45) is 5.92 Å². The van der Waals surface area contributed by atoms with Crippen LogP contribution in [0.3, 0.4) is 0 Å². The van der Waals surface area contributed by atoms with E-state index >= 15 is 0 Å². The number of nitrogens with one attached hydrogen (secondary N) is 1. The standard InChI is InChI=1S/C16H18ClNO2/c1-10(2)14(12-6-4-5-7-13(12)17)18-16(19)15-11(3)8-9-20-15/h4-10,14H,1-3H3,(H,18,19). The first-order chi connectivity index (χ1) is 9.50. The van der Waals surface area contributed by atoms with Crippen molar-refractivity contribution in [3.05, 3.63) is 58.5 Å². The predicted molar refractivity (Wildman–Crippen MR) is 79.9 cm³/mol. The largest absolute Gasteiger partial charge is 0.459 e. The average Bonchev–Trinajstić information content (AvgIpc) is 2.83. The minimum atomic E-state index is -0.217. The first-order valence-corrected chi connectivity index (χ1v) is 6.98. The van der Waals surface area contributed by atoms with Gasteiger partial charge in [-0.1, -0.05) is 43.6 Å². The van der Waals surface area contributed by atoms with E-state index in [-0.39, 0.29) is 17.9 Å². The van der Waals surface area contributed by atoms with Crippen LogP contribution in [0.2, 0.25) is 5.02 Å². The van der Waals surface area contributed by atoms with Crippen molar-refractivity contribution in [1.82, 2.24) is 5.32 Å². The van der Waals surface area contributed by atoms with Gasteiger partial charge in [0.2, 0.25) is 0 Å². The summed E-state index contributed by atoms with van der Waals surface area (Å²) >= 11 is 6.23. The number of carbonyl (C=O) groups excluding carboxylic acids is 1. The van der Waals surface area contributed by atoms with Crippen molar-refractivity contribution in [2.45, 2.75) is 26.8 Å². The number of halogens is 1. The second-order valence-electron chi connectivity index (χ2n) is 5.15. The average molecular weight is 292 g/mol. The molecule has 4 heteroatoms. The quantitative estimate of drug-likeness (QED) is 0.909. The molecule has 0 saturated carbocycles. The van der Waals surface area contributed by atoms with Crippen molar-refractivity contribution in [3.8, 4) is 0 Å². The van der Waals surface area contributed by atoms with Gasteiger partial charge in [0.1, 0.15) is 0 Å². The summed E-state index contributed by atoms with van der Waals surface area (Å²) < 4.78 is 5.23. The van der Waals surface area contributed by atoms with Crippen LogP contribution in [-0.4, -0.2) is 5.91 Å². The smallest absolute Gasteiger partial charge is 0.287 e. The highest BCUT2D eigenvalue weighted by atomic mass is 35.5. The van der Waals surface area contributed by atoms with E-state index in [0.717, 1.165) is 11.1 Å². The SMILES string of the molecule is Cc1ccoc1C(=O)NC(c1ccccc1Cl)C(C)C. The molecule has 2 rings (SSSR count). The first kappa shape index (κ1) is 14.7. The fourth-order valence-corrected chi connectivity index (χ4v) is 2.40. The number of carbonyl (C=O) groups is 1. The molecule has 1 atom stereocenters. The van der Waals surface area contributed by atoms with E-state index in [9.17, 15) is 4.79 Å². The van der Waals surface area contributed by atoms with Crippen molar-refractivity contribution in [2.75, 3.05) is 0 Å². The second-order valence-corrected chi connectivity index (χ2v) is 5.56. The Labute approximate surface area is 123 Å². The zero-order valence-corrected chi connectivity index (χ0v) is 12.6. The van der Waals surface area contributed by atoms with Crippen molar-refractivity contribution in [1.29, 1.82) is 0 Å². The Morgan fingerprint density at radius 3 is 2.50 bits per heavy atom. The van der Waals surface area contributed by atoms with Gasteiger partial charge in [-0.05, 0) is 30.5 Å². The van der Waals surface area contributed by atoms with Crippen LogP contribution >= 0.6 is 11.6 Å². The maximum atomic E-state index is 12.3. The fourth-order valence-electron chi connectivity index (χ4n) is 2.14. The Hall–Kier alpha value is -1.74. The summed E-state index contributed by atoms with van der Waals surface area (Å²) in [7, 11) is 0. The van der Waals surface area contributed by atoms with Gasteiger partial charge >= 0.3 is 0 Å². The summed E-state index contributed by atoms with van der Waals surface area (Å²) in [5.74, 6) is 0.350. The topological polar surface area (TPSA) is 42.2 Å². The fraction of sp³-hybridized carbons (Fsp3) is 0.312. The van der Waals surface area contributed by atoms with Gasteiger partial charge < -0.3 is 9.73 Å². The van der Waals surface area contributed by atoms with Crippen LogP contribution in [0.5, 0.6) is 0 Å². The van der Waals surface area contributed by atoms with Crippen LogP contribution in [0.4, 0.5) is 0 Å². The number of hydrogen-bond acceptors (Lipinski definition) is 2. The normalized spacial score (nSPS) is 12.4. The number of rotatable bonds is 4. The van der Waals surface area contributed by atoms with E-state index < -0.39 is 0 Å². The lowest BCUT2D eigenvalue weighted by Crippen LogP contribution is -2.32. The molecule has 1 aromatic carbocycles. The molecule has 2 aromatic rings. The van der Waals surface area contributed by atoms with Gasteiger partial charge in [-0.2, -0.15) is 0 Å². The summed E-state index contributed by atoms with van der Waals surface area (Å²) in [5.41, 5.74) is 1.74. The molecule has 3 nitrogen and oxygen atoms in total. The van der Waals surface area contributed by atoms with E-state index in [2.05, 4.69) is 5.32 Å². The highest BCUT2D eigenvalue weighted by molar-refractivity contribution is 6.31. The third kappa shape index (κ3) is 3.05. The maximum Gasteiger partial charge on any atom is 0.287 e. The van der Waals surface area contributed by atoms with E-state index in [1.807, 2.05) is 45.0 Å². The van der Waals surface area contributed by atoms with Crippen molar-refractivity contribution in [3.63, 3.8) is 0 Å². The summed E-state index contributed by atoms with van der Waals surface area (Å²) in [6.45, 7) is 5.94. The van der Waals surface area contributed by atoms with Gasteiger partial charge in [-0.25, -0.2) is 0 Å². The third-order valence-electron chi connectivity index (χ3n) is 3.26. The monoisotopic (exact) mass is 291 g/mol. The van der Waals surface area contributed by atoms with Gasteiger partial charge in [0, 0.05) is 10.6 Å². The lowest BCUT2D eigenvalue weighted by Gasteiger charge is -2.23. The minimum absolute atomic E-state index is 0.152. The Balaban J connectivity index is 2.25. The van der Waals surface area contributed by atoms with Gasteiger partial charge in [-0.3, -0.25) is 4.79 Å². The first-order valence-electron chi connectivity index (χ1n) is 6.60. The van der Waals surface area contributed by atoms with Crippen LogP contribution < -0.4 is 5.32 Å². The number of amides is 1. The number of aryl methyl sites for hydroxylation is 1. The molecule has 1 aromatic heterocycles. The molecule has 0 spiro atoms. The minimum Gasteiger partial charge on any atom is -0.459 e. The molecular weight excluding hydrogens is 274 g/mol. The van der Waals surface area contributed by atoms with Gasteiger partial charge in [0.05, 0.1) is 12.3 Å². The zero-order chi connectivity index (χ0) is 14.7. The molecule has 0 radical (unpaired) electrons. The molecule has 0 aliphatic heterocycles. The van der Waals surface area contributed by atoms with E-state index in [0.29, 0.717) is 10.8 Å².